The number of carboxylic acids is 1. The zero-order valence-corrected chi connectivity index (χ0v) is 13.7. The van der Waals surface area contributed by atoms with Crippen LogP contribution in [-0.2, 0) is 14.4 Å². The minimum absolute atomic E-state index is 0.178. The second-order valence-electron chi connectivity index (χ2n) is 5.19. The third-order valence-corrected chi connectivity index (χ3v) is 3.59. The maximum Gasteiger partial charge on any atom is 0.325 e. The van der Waals surface area contributed by atoms with Gasteiger partial charge >= 0.3 is 5.97 Å². The SMILES string of the molecule is CSCC[C@H](N)C(=O)N[C@H](C(=O)N[C@@H](C)C(=O)O)C(C)C. The summed E-state index contributed by atoms with van der Waals surface area (Å²) >= 11 is 1.59. The van der Waals surface area contributed by atoms with Crippen molar-refractivity contribution in [2.45, 2.75) is 45.3 Å². The van der Waals surface area contributed by atoms with E-state index in [0.717, 1.165) is 5.75 Å². The van der Waals surface area contributed by atoms with Crippen molar-refractivity contribution in [3.8, 4) is 0 Å². The van der Waals surface area contributed by atoms with Crippen molar-refractivity contribution in [1.29, 1.82) is 0 Å². The van der Waals surface area contributed by atoms with Crippen LogP contribution in [0.5, 0.6) is 0 Å². The number of nitrogens with two attached hydrogens (primary N) is 1. The standard InChI is InChI=1S/C13H25N3O4S/c1-7(2)10(12(18)15-8(3)13(19)20)16-11(17)9(14)5-6-21-4/h7-10H,5-6,14H2,1-4H3,(H,15,18)(H,16,17)(H,19,20)/t8-,9-,10-/m0/s1. The van der Waals surface area contributed by atoms with Crippen molar-refractivity contribution in [1.82, 2.24) is 10.6 Å². The van der Waals surface area contributed by atoms with Gasteiger partial charge in [-0.15, -0.1) is 0 Å². The molecule has 0 aliphatic heterocycles. The summed E-state index contributed by atoms with van der Waals surface area (Å²) in [6.07, 6.45) is 2.44. The molecule has 5 N–H and O–H groups in total. The number of aliphatic carboxylic acids is 1. The Morgan fingerprint density at radius 1 is 1.14 bits per heavy atom. The highest BCUT2D eigenvalue weighted by atomic mass is 32.2. The molecule has 0 aromatic heterocycles. The number of carbonyl (C=O) groups is 3. The summed E-state index contributed by atoms with van der Waals surface area (Å²) in [6, 6.07) is -2.50. The Balaban J connectivity index is 4.65. The Labute approximate surface area is 129 Å². The molecule has 0 unspecified atom stereocenters. The largest absolute Gasteiger partial charge is 0.480 e. The summed E-state index contributed by atoms with van der Waals surface area (Å²) in [5.74, 6) is -1.48. The van der Waals surface area contributed by atoms with Gasteiger partial charge in [0, 0.05) is 0 Å². The molecule has 0 rings (SSSR count). The van der Waals surface area contributed by atoms with Crippen molar-refractivity contribution >= 4 is 29.5 Å². The van der Waals surface area contributed by atoms with Crippen molar-refractivity contribution in [2.75, 3.05) is 12.0 Å². The van der Waals surface area contributed by atoms with Gasteiger partial charge in [-0.1, -0.05) is 13.8 Å². The average molecular weight is 319 g/mol. The summed E-state index contributed by atoms with van der Waals surface area (Å²) < 4.78 is 0. The molecule has 2 amide bonds. The molecule has 0 saturated carbocycles. The first-order valence-corrected chi connectivity index (χ1v) is 8.18. The van der Waals surface area contributed by atoms with Crippen molar-refractivity contribution in [3.05, 3.63) is 0 Å². The summed E-state index contributed by atoms with van der Waals surface area (Å²) in [5, 5.41) is 13.7. The highest BCUT2D eigenvalue weighted by molar-refractivity contribution is 7.98. The molecule has 0 aromatic carbocycles. The fourth-order valence-corrected chi connectivity index (χ4v) is 2.03. The lowest BCUT2D eigenvalue weighted by molar-refractivity contribution is -0.142. The van der Waals surface area contributed by atoms with Crippen molar-refractivity contribution in [3.63, 3.8) is 0 Å². The van der Waals surface area contributed by atoms with Gasteiger partial charge in [-0.2, -0.15) is 11.8 Å². The molecule has 0 bridgehead atoms. The fraction of sp³-hybridized carbons (Fsp3) is 0.769. The van der Waals surface area contributed by atoms with Crippen LogP contribution in [0.2, 0.25) is 0 Å². The van der Waals surface area contributed by atoms with Crippen LogP contribution in [0.3, 0.4) is 0 Å². The second-order valence-corrected chi connectivity index (χ2v) is 6.17. The predicted molar refractivity (Wildman–Crippen MR) is 83.0 cm³/mol. The van der Waals surface area contributed by atoms with Gasteiger partial charge < -0.3 is 21.5 Å². The minimum atomic E-state index is -1.13. The lowest BCUT2D eigenvalue weighted by Crippen LogP contribution is -2.55. The summed E-state index contributed by atoms with van der Waals surface area (Å²) in [6.45, 7) is 4.90. The molecule has 0 saturated heterocycles. The predicted octanol–water partition coefficient (Wildman–Crippen LogP) is -0.203. The smallest absolute Gasteiger partial charge is 0.325 e. The normalized spacial score (nSPS) is 15.1. The molecule has 0 aliphatic rings. The van der Waals surface area contributed by atoms with Gasteiger partial charge in [-0.05, 0) is 31.3 Å². The summed E-state index contributed by atoms with van der Waals surface area (Å²) in [4.78, 5) is 34.7. The Morgan fingerprint density at radius 3 is 2.14 bits per heavy atom. The van der Waals surface area contributed by atoms with Gasteiger partial charge in [-0.3, -0.25) is 14.4 Å². The molecule has 21 heavy (non-hydrogen) atoms. The van der Waals surface area contributed by atoms with E-state index >= 15 is 0 Å². The van der Waals surface area contributed by atoms with Crippen LogP contribution in [0.15, 0.2) is 0 Å². The Morgan fingerprint density at radius 2 is 1.71 bits per heavy atom. The lowest BCUT2D eigenvalue weighted by atomic mass is 10.0. The molecule has 0 radical (unpaired) electrons. The van der Waals surface area contributed by atoms with Gasteiger partial charge in [0.1, 0.15) is 12.1 Å². The number of hydrogen-bond donors (Lipinski definition) is 4. The molecule has 0 fully saturated rings. The molecule has 7 nitrogen and oxygen atoms in total. The van der Waals surface area contributed by atoms with Crippen molar-refractivity contribution < 1.29 is 19.5 Å². The quantitative estimate of drug-likeness (QED) is 0.467. The molecule has 3 atom stereocenters. The third kappa shape index (κ3) is 7.33. The van der Waals surface area contributed by atoms with Crippen molar-refractivity contribution in [2.24, 2.45) is 11.7 Å². The molecule has 8 heteroatoms. The lowest BCUT2D eigenvalue weighted by Gasteiger charge is -2.24. The number of nitrogens with one attached hydrogen (secondary N) is 2. The molecule has 0 spiro atoms. The molecule has 0 aromatic rings. The Hall–Kier alpha value is -1.28. The first-order valence-electron chi connectivity index (χ1n) is 6.78. The molecular formula is C13H25N3O4S. The van der Waals surface area contributed by atoms with E-state index in [4.69, 9.17) is 10.8 Å². The number of thioether (sulfide) groups is 1. The van der Waals surface area contributed by atoms with E-state index in [1.54, 1.807) is 25.6 Å². The van der Waals surface area contributed by atoms with E-state index in [9.17, 15) is 14.4 Å². The first-order chi connectivity index (χ1) is 9.70. The number of carbonyl (C=O) groups excluding carboxylic acids is 2. The van der Waals surface area contributed by atoms with E-state index in [1.165, 1.54) is 6.92 Å². The number of amides is 2. The van der Waals surface area contributed by atoms with Crippen LogP contribution in [-0.4, -0.2) is 53.0 Å². The van der Waals surface area contributed by atoms with Gasteiger partial charge in [0.25, 0.3) is 0 Å². The highest BCUT2D eigenvalue weighted by Crippen LogP contribution is 2.05. The third-order valence-electron chi connectivity index (χ3n) is 2.95. The van der Waals surface area contributed by atoms with E-state index in [-0.39, 0.29) is 5.92 Å². The van der Waals surface area contributed by atoms with Crippen LogP contribution in [0.25, 0.3) is 0 Å². The monoisotopic (exact) mass is 319 g/mol. The van der Waals surface area contributed by atoms with E-state index in [0.29, 0.717) is 6.42 Å². The average Bonchev–Trinajstić information content (AvgIpc) is 2.40. The molecular weight excluding hydrogens is 294 g/mol. The number of carboxylic acid groups (broad SMARTS) is 1. The van der Waals surface area contributed by atoms with Crippen LogP contribution in [0.1, 0.15) is 27.2 Å². The van der Waals surface area contributed by atoms with E-state index in [1.807, 2.05) is 6.26 Å². The van der Waals surface area contributed by atoms with Crippen LogP contribution in [0, 0.1) is 5.92 Å². The van der Waals surface area contributed by atoms with Gasteiger partial charge in [0.15, 0.2) is 0 Å². The zero-order valence-electron chi connectivity index (χ0n) is 12.9. The van der Waals surface area contributed by atoms with Gasteiger partial charge in [-0.25, -0.2) is 0 Å². The second kappa shape index (κ2) is 9.62. The molecule has 122 valence electrons. The summed E-state index contributed by atoms with van der Waals surface area (Å²) in [5.41, 5.74) is 5.75. The van der Waals surface area contributed by atoms with Crippen LogP contribution < -0.4 is 16.4 Å². The maximum atomic E-state index is 12.0. The van der Waals surface area contributed by atoms with Gasteiger partial charge in [0.2, 0.25) is 11.8 Å². The van der Waals surface area contributed by atoms with Gasteiger partial charge in [0.05, 0.1) is 6.04 Å². The van der Waals surface area contributed by atoms with Crippen LogP contribution in [0.4, 0.5) is 0 Å². The number of rotatable bonds is 9. The maximum absolute atomic E-state index is 12.0. The number of hydrogen-bond acceptors (Lipinski definition) is 5. The van der Waals surface area contributed by atoms with Crippen LogP contribution >= 0.6 is 11.8 Å². The zero-order chi connectivity index (χ0) is 16.6. The topological polar surface area (TPSA) is 122 Å². The van der Waals surface area contributed by atoms with E-state index in [2.05, 4.69) is 10.6 Å². The first kappa shape index (κ1) is 19.7. The van der Waals surface area contributed by atoms with E-state index < -0.39 is 35.9 Å². The highest BCUT2D eigenvalue weighted by Gasteiger charge is 2.28. The molecule has 0 heterocycles. The minimum Gasteiger partial charge on any atom is -0.480 e. The molecule has 0 aliphatic carbocycles. The summed E-state index contributed by atoms with van der Waals surface area (Å²) in [7, 11) is 0. The Bertz CT molecular complexity index is 376. The fourth-order valence-electron chi connectivity index (χ4n) is 1.54. The Kier molecular flexibility index (Phi) is 9.03.